The third kappa shape index (κ3) is 2.12. The maximum atomic E-state index is 12.0. The number of halogens is 1. The van der Waals surface area contributed by atoms with Crippen molar-refractivity contribution in [1.29, 1.82) is 5.41 Å². The van der Waals surface area contributed by atoms with E-state index in [1.165, 1.54) is 5.06 Å². The van der Waals surface area contributed by atoms with Gasteiger partial charge in [-0.05, 0) is 30.7 Å². The van der Waals surface area contributed by atoms with E-state index in [0.29, 0.717) is 16.6 Å². The van der Waals surface area contributed by atoms with Crippen molar-refractivity contribution >= 4 is 35.3 Å². The highest BCUT2D eigenvalue weighted by molar-refractivity contribution is 6.32. The second-order valence-corrected chi connectivity index (χ2v) is 4.81. The highest BCUT2D eigenvalue weighted by Gasteiger charge is 2.34. The zero-order valence-corrected chi connectivity index (χ0v) is 11.3. The fraction of sp³-hybridized carbons (Fsp3) is 0.0714. The van der Waals surface area contributed by atoms with Crippen molar-refractivity contribution in [2.45, 2.75) is 6.92 Å². The molecule has 0 spiro atoms. The Morgan fingerprint density at radius 2 is 2.05 bits per heavy atom. The minimum atomic E-state index is -0.453. The number of aliphatic imine (C=N–C) groups is 1. The minimum absolute atomic E-state index is 0.0250. The largest absolute Gasteiger partial charge is 0.376 e. The van der Waals surface area contributed by atoms with Crippen LogP contribution in [0.5, 0.6) is 0 Å². The van der Waals surface area contributed by atoms with Crippen LogP contribution >= 0.6 is 11.6 Å². The van der Waals surface area contributed by atoms with E-state index in [2.05, 4.69) is 4.99 Å². The van der Waals surface area contributed by atoms with Gasteiger partial charge < -0.3 is 4.84 Å². The summed E-state index contributed by atoms with van der Waals surface area (Å²) in [6.45, 7) is 1.74. The molecular formula is C14H10ClN3O2. The number of fused-ring (bicyclic) bond motifs is 1. The summed E-state index contributed by atoms with van der Waals surface area (Å²) in [6, 6.07) is 6.97. The molecule has 0 radical (unpaired) electrons. The molecule has 1 aromatic carbocycles. The molecule has 1 N–H and O–H groups in total. The normalized spacial score (nSPS) is 19.7. The first-order chi connectivity index (χ1) is 9.54. The van der Waals surface area contributed by atoms with Gasteiger partial charge in [-0.1, -0.05) is 23.7 Å². The first-order valence-corrected chi connectivity index (χ1v) is 6.28. The van der Waals surface area contributed by atoms with E-state index in [1.807, 2.05) is 0 Å². The van der Waals surface area contributed by atoms with Crippen LogP contribution in [-0.4, -0.2) is 22.6 Å². The number of hydrogen-bond acceptors (Lipinski definition) is 3. The van der Waals surface area contributed by atoms with Crippen LogP contribution in [0.2, 0.25) is 5.02 Å². The standard InChI is InChI=1S/C14H10ClN3O2/c1-8-6-12-17-14(19)11(13(16)18(12)20-8)7-9-2-4-10(15)5-3-9/h2-7,16H,1H3/b11-7+,16-13?. The lowest BCUT2D eigenvalue weighted by atomic mass is 10.1. The second kappa shape index (κ2) is 4.61. The van der Waals surface area contributed by atoms with Crippen molar-refractivity contribution in [3.8, 4) is 0 Å². The van der Waals surface area contributed by atoms with Crippen molar-refractivity contribution in [1.82, 2.24) is 5.06 Å². The van der Waals surface area contributed by atoms with Crippen molar-refractivity contribution < 1.29 is 9.63 Å². The third-order valence-corrected chi connectivity index (χ3v) is 3.11. The molecule has 6 heteroatoms. The number of carbonyl (C=O) groups excluding carboxylic acids is 1. The van der Waals surface area contributed by atoms with E-state index in [0.717, 1.165) is 5.56 Å². The average molecular weight is 288 g/mol. The fourth-order valence-corrected chi connectivity index (χ4v) is 2.05. The predicted molar refractivity (Wildman–Crippen MR) is 76.3 cm³/mol. The Bertz CT molecular complexity index is 702. The molecule has 0 unspecified atom stereocenters. The van der Waals surface area contributed by atoms with Crippen LogP contribution in [-0.2, 0) is 9.63 Å². The number of benzene rings is 1. The van der Waals surface area contributed by atoms with Crippen molar-refractivity contribution in [2.24, 2.45) is 4.99 Å². The first-order valence-electron chi connectivity index (χ1n) is 5.90. The molecule has 2 aliphatic rings. The van der Waals surface area contributed by atoms with Crippen LogP contribution in [0.3, 0.4) is 0 Å². The van der Waals surface area contributed by atoms with E-state index in [-0.39, 0.29) is 11.4 Å². The molecule has 0 fully saturated rings. The topological polar surface area (TPSA) is 65.8 Å². The molecule has 2 aliphatic heterocycles. The Kier molecular flexibility index (Phi) is 2.91. The molecule has 3 rings (SSSR count). The molecule has 0 bridgehead atoms. The SMILES string of the molecule is CC1=CC2=NC(=O)/C(=C/c3ccc(Cl)cc3)C(=N)N2O1. The van der Waals surface area contributed by atoms with Gasteiger partial charge >= 0.3 is 0 Å². The molecule has 1 aromatic rings. The number of rotatable bonds is 1. The summed E-state index contributed by atoms with van der Waals surface area (Å²) in [6.07, 6.45) is 3.21. The van der Waals surface area contributed by atoms with Crippen molar-refractivity contribution in [3.05, 3.63) is 52.3 Å². The van der Waals surface area contributed by atoms with E-state index in [1.54, 1.807) is 43.3 Å². The lowest BCUT2D eigenvalue weighted by Crippen LogP contribution is -2.38. The Labute approximate surface area is 120 Å². The van der Waals surface area contributed by atoms with Crippen LogP contribution in [0.4, 0.5) is 0 Å². The van der Waals surface area contributed by atoms with Gasteiger partial charge in [0, 0.05) is 11.1 Å². The van der Waals surface area contributed by atoms with Gasteiger partial charge in [0.15, 0.2) is 11.7 Å². The number of hydrogen-bond donors (Lipinski definition) is 1. The lowest BCUT2D eigenvalue weighted by Gasteiger charge is -2.22. The third-order valence-electron chi connectivity index (χ3n) is 2.86. The van der Waals surface area contributed by atoms with Gasteiger partial charge in [0.2, 0.25) is 0 Å². The molecule has 0 atom stereocenters. The monoisotopic (exact) mass is 287 g/mol. The number of allylic oxidation sites excluding steroid dienone is 1. The maximum Gasteiger partial charge on any atom is 0.282 e. The average Bonchev–Trinajstić information content (AvgIpc) is 2.77. The summed E-state index contributed by atoms with van der Waals surface area (Å²) < 4.78 is 0. The molecule has 5 nitrogen and oxygen atoms in total. The highest BCUT2D eigenvalue weighted by Crippen LogP contribution is 2.23. The molecule has 20 heavy (non-hydrogen) atoms. The first kappa shape index (κ1) is 12.6. The van der Waals surface area contributed by atoms with Crippen LogP contribution in [0.25, 0.3) is 6.08 Å². The lowest BCUT2D eigenvalue weighted by molar-refractivity contribution is -0.114. The van der Waals surface area contributed by atoms with Gasteiger partial charge in [-0.3, -0.25) is 10.2 Å². The summed E-state index contributed by atoms with van der Waals surface area (Å²) >= 11 is 5.81. The quantitative estimate of drug-likeness (QED) is 0.808. The number of nitrogens with one attached hydrogen (secondary N) is 1. The Balaban J connectivity index is 1.98. The molecule has 0 saturated carbocycles. The van der Waals surface area contributed by atoms with Crippen molar-refractivity contribution in [3.63, 3.8) is 0 Å². The van der Waals surface area contributed by atoms with E-state index >= 15 is 0 Å². The van der Waals surface area contributed by atoms with Crippen LogP contribution < -0.4 is 0 Å². The zero-order chi connectivity index (χ0) is 14.3. The minimum Gasteiger partial charge on any atom is -0.376 e. The van der Waals surface area contributed by atoms with Crippen LogP contribution in [0.1, 0.15) is 12.5 Å². The summed E-state index contributed by atoms with van der Waals surface area (Å²) in [5, 5.41) is 9.90. The molecule has 0 saturated heterocycles. The Morgan fingerprint density at radius 1 is 1.35 bits per heavy atom. The second-order valence-electron chi connectivity index (χ2n) is 4.37. The van der Waals surface area contributed by atoms with E-state index in [4.69, 9.17) is 21.8 Å². The van der Waals surface area contributed by atoms with E-state index < -0.39 is 5.91 Å². The summed E-state index contributed by atoms with van der Waals surface area (Å²) in [7, 11) is 0. The fourth-order valence-electron chi connectivity index (χ4n) is 1.93. The molecular weight excluding hydrogens is 278 g/mol. The smallest absolute Gasteiger partial charge is 0.282 e. The summed E-state index contributed by atoms with van der Waals surface area (Å²) in [5.74, 6) is 0.452. The van der Waals surface area contributed by atoms with Gasteiger partial charge in [0.05, 0.1) is 5.57 Å². The zero-order valence-electron chi connectivity index (χ0n) is 10.6. The van der Waals surface area contributed by atoms with Gasteiger partial charge in [-0.15, -0.1) is 5.06 Å². The van der Waals surface area contributed by atoms with Crippen LogP contribution in [0, 0.1) is 5.41 Å². The Morgan fingerprint density at radius 3 is 2.75 bits per heavy atom. The van der Waals surface area contributed by atoms with Gasteiger partial charge in [-0.2, -0.15) is 4.99 Å². The number of amidine groups is 2. The molecule has 100 valence electrons. The predicted octanol–water partition coefficient (Wildman–Crippen LogP) is 2.79. The van der Waals surface area contributed by atoms with Gasteiger partial charge in [0.1, 0.15) is 5.76 Å². The molecule has 0 aliphatic carbocycles. The van der Waals surface area contributed by atoms with Gasteiger partial charge in [-0.25, -0.2) is 0 Å². The number of nitrogens with zero attached hydrogens (tertiary/aromatic N) is 2. The maximum absolute atomic E-state index is 12.0. The summed E-state index contributed by atoms with van der Waals surface area (Å²) in [4.78, 5) is 21.2. The van der Waals surface area contributed by atoms with Gasteiger partial charge in [0.25, 0.3) is 5.91 Å². The molecule has 0 aromatic heterocycles. The van der Waals surface area contributed by atoms with E-state index in [9.17, 15) is 4.79 Å². The highest BCUT2D eigenvalue weighted by atomic mass is 35.5. The van der Waals surface area contributed by atoms with Crippen molar-refractivity contribution in [2.75, 3.05) is 0 Å². The Hall–Kier alpha value is -2.40. The number of amides is 1. The molecule has 2 heterocycles. The summed E-state index contributed by atoms with van der Waals surface area (Å²) in [5.41, 5.74) is 0.948. The molecule has 1 amide bonds. The number of hydroxylamine groups is 2. The van der Waals surface area contributed by atoms with Crippen LogP contribution in [0.15, 0.2) is 46.7 Å². The number of carbonyl (C=O) groups is 1.